The second kappa shape index (κ2) is 12.2. The maximum absolute atomic E-state index is 14.3. The first kappa shape index (κ1) is 35.6. The highest BCUT2D eigenvalue weighted by Gasteiger charge is 2.69. The van der Waals surface area contributed by atoms with E-state index in [2.05, 4.69) is 90.1 Å². The molecule has 54 heavy (non-hydrogen) atoms. The molecular weight excluding hydrogens is 681 g/mol. The molecule has 6 bridgehead atoms. The van der Waals surface area contributed by atoms with Crippen molar-refractivity contribution in [2.45, 2.75) is 89.4 Å². The number of H-pyrrole nitrogens is 2. The lowest BCUT2D eigenvalue weighted by molar-refractivity contribution is -0.188. The predicted molar refractivity (Wildman–Crippen MR) is 208 cm³/mol. The van der Waals surface area contributed by atoms with Crippen LogP contribution in [0.25, 0.3) is 21.8 Å². The van der Waals surface area contributed by atoms with Crippen molar-refractivity contribution in [1.29, 1.82) is 0 Å². The van der Waals surface area contributed by atoms with Gasteiger partial charge in [-0.3, -0.25) is 19.4 Å². The van der Waals surface area contributed by atoms with Crippen molar-refractivity contribution < 1.29 is 28.9 Å². The van der Waals surface area contributed by atoms with Gasteiger partial charge in [0.25, 0.3) is 0 Å². The number of nitrogens with one attached hydrogen (secondary N) is 2. The maximum atomic E-state index is 14.3. The molecule has 0 spiro atoms. The molecule has 4 aliphatic heterocycles. The number of aromatic nitrogens is 2. The molecule has 2 aliphatic carbocycles. The number of carbonyl (C=O) groups excluding carboxylic acids is 2. The number of hydrogen-bond donors (Lipinski definition) is 3. The van der Waals surface area contributed by atoms with Gasteiger partial charge in [0.2, 0.25) is 0 Å². The van der Waals surface area contributed by atoms with Gasteiger partial charge >= 0.3 is 11.9 Å². The molecule has 3 N–H and O–H groups in total. The van der Waals surface area contributed by atoms with Gasteiger partial charge in [-0.05, 0) is 81.8 Å². The van der Waals surface area contributed by atoms with Crippen LogP contribution in [-0.4, -0.2) is 96.5 Å². The Bertz CT molecular complexity index is 2240. The van der Waals surface area contributed by atoms with Crippen LogP contribution in [-0.2, 0) is 37.4 Å². The number of aliphatic hydroxyl groups is 1. The Kier molecular flexibility index (Phi) is 8.03. The van der Waals surface area contributed by atoms with Gasteiger partial charge in [0.1, 0.15) is 11.2 Å². The topological polar surface area (TPSA) is 120 Å². The number of likely N-dealkylation sites (N-methyl/N-ethyl adjacent to an activating group) is 1. The highest BCUT2D eigenvalue weighted by atomic mass is 16.5. The number of benzene rings is 2. The summed E-state index contributed by atoms with van der Waals surface area (Å²) in [6, 6.07) is 12.6. The Labute approximate surface area is 317 Å². The SMILES string of the molecule is CC=C1CN(C)C2Cc3c([nH]c4ccccc34)C(c3cc4[nH]c5c(c4cc3OC)CN3CC4CC5(C(=O)OC)C3C(C)(C(C)O)C4)CC1(C)C2C(=O)OC. The average Bonchev–Trinajstić information content (AvgIpc) is 3.70. The van der Waals surface area contributed by atoms with Crippen LogP contribution in [0.1, 0.15) is 81.0 Å². The van der Waals surface area contributed by atoms with Gasteiger partial charge in [-0.2, -0.15) is 0 Å². The van der Waals surface area contributed by atoms with Crippen molar-refractivity contribution in [3.05, 3.63) is 76.1 Å². The number of likely N-dealkylation sites (tertiary alicyclic amines) is 1. The molecule has 10 heteroatoms. The second-order valence-corrected chi connectivity index (χ2v) is 17.6. The number of fused-ring (bicyclic) bond motifs is 9. The molecule has 4 aromatic rings. The highest BCUT2D eigenvalue weighted by molar-refractivity contribution is 5.94. The molecule has 2 aromatic heterocycles. The molecule has 0 amide bonds. The second-order valence-electron chi connectivity index (χ2n) is 17.6. The zero-order valence-electron chi connectivity index (χ0n) is 32.8. The number of allylic oxidation sites excluding steroid dienone is 1. The summed E-state index contributed by atoms with van der Waals surface area (Å²) in [4.78, 5) is 40.8. The molecule has 2 aromatic carbocycles. The fourth-order valence-electron chi connectivity index (χ4n) is 12.7. The molecule has 286 valence electrons. The molecule has 4 fully saturated rings. The smallest absolute Gasteiger partial charge is 0.319 e. The summed E-state index contributed by atoms with van der Waals surface area (Å²) in [6.45, 7) is 10.7. The van der Waals surface area contributed by atoms with Crippen molar-refractivity contribution in [2.75, 3.05) is 41.5 Å². The summed E-state index contributed by atoms with van der Waals surface area (Å²) in [7, 11) is 6.87. The number of hydrogen-bond acceptors (Lipinski definition) is 8. The fraction of sp³-hybridized carbons (Fsp3) is 0.545. The van der Waals surface area contributed by atoms with E-state index in [0.29, 0.717) is 25.8 Å². The van der Waals surface area contributed by atoms with Gasteiger partial charge in [0.05, 0.1) is 33.4 Å². The van der Waals surface area contributed by atoms with Crippen LogP contribution in [0.2, 0.25) is 0 Å². The summed E-state index contributed by atoms with van der Waals surface area (Å²) < 4.78 is 17.6. The fourth-order valence-corrected chi connectivity index (χ4v) is 12.7. The first-order valence-electron chi connectivity index (χ1n) is 19.6. The number of esters is 2. The van der Waals surface area contributed by atoms with Crippen LogP contribution in [0, 0.1) is 22.7 Å². The Morgan fingerprint density at radius 2 is 1.76 bits per heavy atom. The summed E-state index contributed by atoms with van der Waals surface area (Å²) in [5.41, 5.74) is 6.75. The Morgan fingerprint density at radius 3 is 2.46 bits per heavy atom. The van der Waals surface area contributed by atoms with Gasteiger partial charge in [-0.1, -0.05) is 43.7 Å². The van der Waals surface area contributed by atoms with Gasteiger partial charge < -0.3 is 29.3 Å². The highest BCUT2D eigenvalue weighted by Crippen LogP contribution is 2.62. The van der Waals surface area contributed by atoms with Crippen molar-refractivity contribution in [1.82, 2.24) is 19.8 Å². The van der Waals surface area contributed by atoms with E-state index in [1.165, 1.54) is 30.7 Å². The van der Waals surface area contributed by atoms with E-state index < -0.39 is 22.3 Å². The minimum Gasteiger partial charge on any atom is -0.496 e. The third kappa shape index (κ3) is 4.56. The molecule has 3 saturated heterocycles. The average molecular weight is 735 g/mol. The molecule has 10 atom stereocenters. The Hall–Kier alpha value is -4.12. The number of aliphatic hydroxyl groups excluding tert-OH is 1. The monoisotopic (exact) mass is 734 g/mol. The van der Waals surface area contributed by atoms with Gasteiger partial charge in [-0.25, -0.2) is 0 Å². The number of nitrogens with zero attached hydrogens (tertiary/aromatic N) is 2. The largest absolute Gasteiger partial charge is 0.496 e. The summed E-state index contributed by atoms with van der Waals surface area (Å²) in [6.07, 6.45) is 4.53. The van der Waals surface area contributed by atoms with E-state index in [4.69, 9.17) is 14.2 Å². The lowest BCUT2D eigenvalue weighted by Crippen LogP contribution is -2.74. The third-order valence-electron chi connectivity index (χ3n) is 15.1. The molecule has 10 rings (SSSR count). The lowest BCUT2D eigenvalue weighted by atomic mass is 9.48. The van der Waals surface area contributed by atoms with E-state index in [0.717, 1.165) is 64.2 Å². The number of piperidine rings is 3. The minimum atomic E-state index is -0.933. The molecule has 1 saturated carbocycles. The van der Waals surface area contributed by atoms with E-state index in [9.17, 15) is 14.7 Å². The first-order chi connectivity index (χ1) is 25.8. The number of rotatable bonds is 5. The van der Waals surface area contributed by atoms with Crippen LogP contribution in [0.4, 0.5) is 0 Å². The van der Waals surface area contributed by atoms with Crippen LogP contribution >= 0.6 is 0 Å². The summed E-state index contributed by atoms with van der Waals surface area (Å²) >= 11 is 0. The summed E-state index contributed by atoms with van der Waals surface area (Å²) in [5.74, 6) is 0.0805. The quantitative estimate of drug-likeness (QED) is 0.164. The van der Waals surface area contributed by atoms with Crippen molar-refractivity contribution >= 4 is 33.7 Å². The van der Waals surface area contributed by atoms with E-state index in [1.807, 2.05) is 6.92 Å². The van der Waals surface area contributed by atoms with Crippen LogP contribution < -0.4 is 4.74 Å². The van der Waals surface area contributed by atoms with Crippen molar-refractivity contribution in [3.8, 4) is 5.75 Å². The number of para-hydroxylation sites is 1. The lowest BCUT2D eigenvalue weighted by Gasteiger charge is -2.65. The predicted octanol–water partition coefficient (Wildman–Crippen LogP) is 6.20. The molecule has 6 heterocycles. The molecule has 10 nitrogen and oxygen atoms in total. The standard InChI is InChI=1S/C44H54N4O6/c1-9-25-21-47(5)34-15-29-26-12-10-11-13-32(26)45-37(29)30(19-43(25,4)36(34)39(50)53-7)28-14-33-27(16-35(28)52-6)31-22-48-20-24-17-42(3,23(2)49)40(48)44(18-24,38(31)46-33)41(51)54-8/h9-14,16,23-24,30,34,36,40,45-46,49H,15,17-22H2,1-8H3. The summed E-state index contributed by atoms with van der Waals surface area (Å²) in [5, 5.41) is 13.5. The number of carbonyl (C=O) groups is 2. The number of methoxy groups -OCH3 is 3. The zero-order chi connectivity index (χ0) is 38.1. The van der Waals surface area contributed by atoms with Gasteiger partial charge in [-0.15, -0.1) is 0 Å². The maximum Gasteiger partial charge on any atom is 0.319 e. The third-order valence-corrected chi connectivity index (χ3v) is 15.1. The molecular formula is C44H54N4O6. The number of aromatic amines is 2. The zero-order valence-corrected chi connectivity index (χ0v) is 32.8. The Morgan fingerprint density at radius 1 is 0.981 bits per heavy atom. The van der Waals surface area contributed by atoms with Crippen LogP contribution in [0.15, 0.2) is 48.0 Å². The van der Waals surface area contributed by atoms with Gasteiger partial charge in [0, 0.05) is 87.2 Å². The molecule has 0 radical (unpaired) electrons. The van der Waals surface area contributed by atoms with Crippen LogP contribution in [0.3, 0.4) is 0 Å². The van der Waals surface area contributed by atoms with E-state index >= 15 is 0 Å². The molecule has 10 unspecified atom stereocenters. The number of ether oxygens (including phenoxy) is 3. The normalized spacial score (nSPS) is 35.6. The first-order valence-corrected chi connectivity index (χ1v) is 19.6. The minimum absolute atomic E-state index is 0.0453. The van der Waals surface area contributed by atoms with E-state index in [-0.39, 0.29) is 41.8 Å². The Balaban J connectivity index is 1.28. The molecule has 6 aliphatic rings. The van der Waals surface area contributed by atoms with Crippen molar-refractivity contribution in [2.24, 2.45) is 22.7 Å². The van der Waals surface area contributed by atoms with Gasteiger partial charge in [0.15, 0.2) is 0 Å². The van der Waals surface area contributed by atoms with Crippen molar-refractivity contribution in [3.63, 3.8) is 0 Å². The van der Waals surface area contributed by atoms with E-state index in [1.54, 1.807) is 7.11 Å². The van der Waals surface area contributed by atoms with Crippen LogP contribution in [0.5, 0.6) is 5.75 Å².